The molecule has 0 N–H and O–H groups in total. The van der Waals surface area contributed by atoms with E-state index < -0.39 is 7.60 Å². The first-order chi connectivity index (χ1) is 5.61. The molecule has 0 aliphatic rings. The van der Waals surface area contributed by atoms with E-state index in [0.717, 1.165) is 6.42 Å². The summed E-state index contributed by atoms with van der Waals surface area (Å²) in [7, 11) is -0.0358. The average Bonchev–Trinajstić information content (AvgIpc) is 2.14. The zero-order chi connectivity index (χ0) is 9.61. The molecule has 0 saturated heterocycles. The lowest BCUT2D eigenvalue weighted by atomic mass is 10.1. The molecule has 3 nitrogen and oxygen atoms in total. The summed E-state index contributed by atoms with van der Waals surface area (Å²) < 4.78 is 21.2. The first-order valence-electron chi connectivity index (χ1n) is 3.95. The lowest BCUT2D eigenvalue weighted by Gasteiger charge is -2.17. The second kappa shape index (κ2) is 5.52. The van der Waals surface area contributed by atoms with Gasteiger partial charge >= 0.3 is 7.60 Å². The van der Waals surface area contributed by atoms with Gasteiger partial charge in [0.15, 0.2) is 0 Å². The Hall–Kier alpha value is -0.110. The number of hydrogen-bond acceptors (Lipinski definition) is 3. The molecule has 0 fully saturated rings. The molecule has 0 heterocycles. The van der Waals surface area contributed by atoms with Crippen molar-refractivity contribution >= 4 is 7.60 Å². The van der Waals surface area contributed by atoms with Crippen LogP contribution in [0.4, 0.5) is 0 Å². The van der Waals surface area contributed by atoms with Gasteiger partial charge in [-0.2, -0.15) is 0 Å². The summed E-state index contributed by atoms with van der Waals surface area (Å²) in [5.74, 6) is 0.204. The van der Waals surface area contributed by atoms with E-state index >= 15 is 0 Å². The van der Waals surface area contributed by atoms with Crippen molar-refractivity contribution in [3.63, 3.8) is 0 Å². The van der Waals surface area contributed by atoms with E-state index in [1.807, 2.05) is 6.92 Å². The highest BCUT2D eigenvalue weighted by atomic mass is 31.2. The Bertz CT molecular complexity index is 171. The Morgan fingerprint density at radius 2 is 2.00 bits per heavy atom. The highest BCUT2D eigenvalue weighted by Gasteiger charge is 2.23. The van der Waals surface area contributed by atoms with Crippen molar-refractivity contribution < 1.29 is 13.6 Å². The minimum atomic E-state index is -2.84. The van der Waals surface area contributed by atoms with Gasteiger partial charge in [0, 0.05) is 14.2 Å². The van der Waals surface area contributed by atoms with Crippen LogP contribution in [0.5, 0.6) is 0 Å². The van der Waals surface area contributed by atoms with Crippen LogP contribution in [0.1, 0.15) is 13.3 Å². The smallest absolute Gasteiger partial charge is 0.312 e. The molecule has 0 aliphatic heterocycles. The van der Waals surface area contributed by atoms with Gasteiger partial charge in [0.2, 0.25) is 0 Å². The van der Waals surface area contributed by atoms with E-state index in [1.165, 1.54) is 14.2 Å². The quantitative estimate of drug-likeness (QED) is 0.479. The Kier molecular flexibility index (Phi) is 5.47. The van der Waals surface area contributed by atoms with Gasteiger partial charge in [-0.25, -0.2) is 0 Å². The fourth-order valence-corrected chi connectivity index (χ4v) is 2.31. The summed E-state index contributed by atoms with van der Waals surface area (Å²) in [6.07, 6.45) is 3.10. The predicted molar refractivity (Wildman–Crippen MR) is 50.5 cm³/mol. The van der Waals surface area contributed by atoms with E-state index in [-0.39, 0.29) is 5.92 Å². The zero-order valence-corrected chi connectivity index (χ0v) is 8.84. The van der Waals surface area contributed by atoms with Crippen molar-refractivity contribution in [1.29, 1.82) is 0 Å². The summed E-state index contributed by atoms with van der Waals surface area (Å²) in [5, 5.41) is 0. The summed E-state index contributed by atoms with van der Waals surface area (Å²) in [4.78, 5) is 0. The summed E-state index contributed by atoms with van der Waals surface area (Å²) in [6, 6.07) is 0. The summed E-state index contributed by atoms with van der Waals surface area (Å²) >= 11 is 0. The van der Waals surface area contributed by atoms with Gasteiger partial charge in [-0.1, -0.05) is 13.0 Å². The van der Waals surface area contributed by atoms with Crippen LogP contribution >= 0.6 is 7.60 Å². The maximum absolute atomic E-state index is 11.6. The van der Waals surface area contributed by atoms with Crippen LogP contribution in [0.3, 0.4) is 0 Å². The van der Waals surface area contributed by atoms with Gasteiger partial charge in [0.1, 0.15) is 0 Å². The minimum absolute atomic E-state index is 0.204. The molecule has 0 aromatic heterocycles. The molecule has 0 spiro atoms. The van der Waals surface area contributed by atoms with E-state index in [2.05, 4.69) is 6.58 Å². The molecule has 1 atom stereocenters. The zero-order valence-electron chi connectivity index (χ0n) is 7.95. The Morgan fingerprint density at radius 1 is 1.50 bits per heavy atom. The van der Waals surface area contributed by atoms with E-state index in [0.29, 0.717) is 6.16 Å². The minimum Gasteiger partial charge on any atom is -0.312 e. The lowest BCUT2D eigenvalue weighted by Crippen LogP contribution is -2.04. The Balaban J connectivity index is 4.18. The van der Waals surface area contributed by atoms with Crippen LogP contribution < -0.4 is 0 Å². The van der Waals surface area contributed by atoms with Crippen molar-refractivity contribution in [1.82, 2.24) is 0 Å². The van der Waals surface area contributed by atoms with Crippen molar-refractivity contribution in [3.8, 4) is 0 Å². The summed E-state index contributed by atoms with van der Waals surface area (Å²) in [5.41, 5.74) is 0. The van der Waals surface area contributed by atoms with Crippen LogP contribution in [-0.4, -0.2) is 20.4 Å². The van der Waals surface area contributed by atoms with Crippen molar-refractivity contribution in [2.45, 2.75) is 13.3 Å². The first-order valence-corrected chi connectivity index (χ1v) is 5.67. The second-order valence-electron chi connectivity index (χ2n) is 2.56. The van der Waals surface area contributed by atoms with E-state index in [9.17, 15) is 4.57 Å². The third-order valence-electron chi connectivity index (χ3n) is 1.87. The fraction of sp³-hybridized carbons (Fsp3) is 0.750. The maximum atomic E-state index is 11.6. The van der Waals surface area contributed by atoms with Gasteiger partial charge in [0.25, 0.3) is 0 Å². The molecule has 0 unspecified atom stereocenters. The third-order valence-corrected chi connectivity index (χ3v) is 3.90. The number of rotatable bonds is 6. The molecule has 0 bridgehead atoms. The molecule has 4 heteroatoms. The fourth-order valence-electron chi connectivity index (χ4n) is 0.881. The molecular formula is C8H17O3P. The first kappa shape index (κ1) is 11.9. The lowest BCUT2D eigenvalue weighted by molar-refractivity contribution is 0.272. The maximum Gasteiger partial charge on any atom is 0.330 e. The van der Waals surface area contributed by atoms with Crippen LogP contribution in [0.15, 0.2) is 12.7 Å². The molecule has 0 aromatic rings. The highest BCUT2D eigenvalue weighted by Crippen LogP contribution is 2.48. The molecule has 12 heavy (non-hydrogen) atoms. The van der Waals surface area contributed by atoms with Gasteiger partial charge < -0.3 is 9.05 Å². The molecule has 0 rings (SSSR count). The largest absolute Gasteiger partial charge is 0.330 e. The van der Waals surface area contributed by atoms with Crippen molar-refractivity contribution in [2.24, 2.45) is 5.92 Å². The molecule has 0 aromatic carbocycles. The topological polar surface area (TPSA) is 35.5 Å². The Labute approximate surface area is 74.3 Å². The average molecular weight is 192 g/mol. The molecule has 0 aliphatic carbocycles. The van der Waals surface area contributed by atoms with Crippen LogP contribution in [0.2, 0.25) is 0 Å². The third kappa shape index (κ3) is 3.53. The van der Waals surface area contributed by atoms with Crippen molar-refractivity contribution in [2.75, 3.05) is 20.4 Å². The van der Waals surface area contributed by atoms with E-state index in [1.54, 1.807) is 6.08 Å². The molecule has 0 radical (unpaired) electrons. The molecule has 0 amide bonds. The van der Waals surface area contributed by atoms with Crippen LogP contribution in [0.25, 0.3) is 0 Å². The molecule has 0 saturated carbocycles. The molecule has 72 valence electrons. The van der Waals surface area contributed by atoms with Gasteiger partial charge in [0.05, 0.1) is 6.16 Å². The van der Waals surface area contributed by atoms with Crippen molar-refractivity contribution in [3.05, 3.63) is 12.7 Å². The van der Waals surface area contributed by atoms with Gasteiger partial charge in [-0.3, -0.25) is 4.57 Å². The second-order valence-corrected chi connectivity index (χ2v) is 4.88. The van der Waals surface area contributed by atoms with Crippen LogP contribution in [0, 0.1) is 5.92 Å². The Morgan fingerprint density at radius 3 is 2.25 bits per heavy atom. The predicted octanol–water partition coefficient (Wildman–Crippen LogP) is 2.68. The van der Waals surface area contributed by atoms with Gasteiger partial charge in [-0.05, 0) is 12.3 Å². The standard InChI is InChI=1S/C8H17O3P/c1-5-8(6-2)7-12(9,10-3)11-4/h5,8H,1,6-7H2,2-4H3/t8-/m1/s1. The summed E-state index contributed by atoms with van der Waals surface area (Å²) in [6.45, 7) is 5.67. The molecular weight excluding hydrogens is 175 g/mol. The number of allylic oxidation sites excluding steroid dienone is 1. The number of hydrogen-bond donors (Lipinski definition) is 0. The monoisotopic (exact) mass is 192 g/mol. The highest BCUT2D eigenvalue weighted by molar-refractivity contribution is 7.53. The van der Waals surface area contributed by atoms with E-state index in [4.69, 9.17) is 9.05 Å². The van der Waals surface area contributed by atoms with Crippen LogP contribution in [-0.2, 0) is 13.6 Å². The normalized spacial score (nSPS) is 14.2. The van der Waals surface area contributed by atoms with Gasteiger partial charge in [-0.15, -0.1) is 6.58 Å². The SMILES string of the molecule is C=C[C@H](CC)CP(=O)(OC)OC.